The van der Waals surface area contributed by atoms with Crippen LogP contribution in [0.1, 0.15) is 41.4 Å². The van der Waals surface area contributed by atoms with Gasteiger partial charge in [0.15, 0.2) is 0 Å². The Morgan fingerprint density at radius 3 is 0.732 bits per heavy atom. The Hall–Kier alpha value is -3.60. The Kier molecular flexibility index (Phi) is 13.6. The second kappa shape index (κ2) is 16.6. The third-order valence-electron chi connectivity index (χ3n) is 5.26. The van der Waals surface area contributed by atoms with E-state index in [1.165, 1.54) is 0 Å². The van der Waals surface area contributed by atoms with Crippen molar-refractivity contribution in [2.45, 2.75) is 0 Å². The molecule has 0 aromatic heterocycles. The molecule has 0 aliphatic carbocycles. The van der Waals surface area contributed by atoms with Crippen molar-refractivity contribution in [2.24, 2.45) is 0 Å². The van der Waals surface area contributed by atoms with Gasteiger partial charge in [-0.3, -0.25) is 29.0 Å². The van der Waals surface area contributed by atoms with Crippen molar-refractivity contribution < 1.29 is 38.7 Å². The van der Waals surface area contributed by atoms with Gasteiger partial charge in [0, 0.05) is 22.3 Å². The van der Waals surface area contributed by atoms with Gasteiger partial charge in [-0.15, -0.1) is 0 Å². The minimum atomic E-state index is -0.514. The van der Waals surface area contributed by atoms with Crippen LogP contribution in [0.5, 0.6) is 0 Å². The molecule has 4 rings (SSSR count). The van der Waals surface area contributed by atoms with Crippen LogP contribution in [0.4, 0.5) is 0 Å². The summed E-state index contributed by atoms with van der Waals surface area (Å²) in [6.07, 6.45) is 0. The molecule has 0 saturated heterocycles. The summed E-state index contributed by atoms with van der Waals surface area (Å²) in [7, 11) is 0. The van der Waals surface area contributed by atoms with E-state index in [1.54, 1.807) is 121 Å². The molecule has 0 saturated carbocycles. The maximum Gasteiger partial charge on any atom is 2.00 e. The predicted molar refractivity (Wildman–Crippen MR) is 167 cm³/mol. The Morgan fingerprint density at radius 2 is 0.585 bits per heavy atom. The van der Waals surface area contributed by atoms with E-state index in [0.29, 0.717) is 22.3 Å². The molecular formula is C30H20N2O4S4Zn. The molecular weight excluding hydrogens is 646 g/mol. The molecule has 0 fully saturated rings. The van der Waals surface area contributed by atoms with Gasteiger partial charge < -0.3 is 49.7 Å². The van der Waals surface area contributed by atoms with Gasteiger partial charge in [0.1, 0.15) is 0 Å². The second-order valence-corrected chi connectivity index (χ2v) is 9.95. The molecule has 0 unspecified atom stereocenters. The van der Waals surface area contributed by atoms with E-state index in [4.69, 9.17) is 49.7 Å². The van der Waals surface area contributed by atoms with E-state index in [2.05, 4.69) is 0 Å². The summed E-state index contributed by atoms with van der Waals surface area (Å²) in [5.41, 5.74) is 1.46. The number of amides is 4. The maximum absolute atomic E-state index is 12.4. The van der Waals surface area contributed by atoms with Crippen LogP contribution in [0.25, 0.3) is 0 Å². The smallest absolute Gasteiger partial charge is 0.410 e. The number of hydrogen-bond acceptors (Lipinski definition) is 8. The largest absolute Gasteiger partial charge is 2.00 e. The summed E-state index contributed by atoms with van der Waals surface area (Å²) >= 11 is 19.5. The molecule has 41 heavy (non-hydrogen) atoms. The Balaban J connectivity index is 0.000000280. The van der Waals surface area contributed by atoms with Crippen LogP contribution in [-0.4, -0.2) is 42.1 Å². The van der Waals surface area contributed by atoms with Crippen molar-refractivity contribution in [3.8, 4) is 0 Å². The Morgan fingerprint density at radius 1 is 0.415 bits per heavy atom. The third-order valence-corrected chi connectivity index (χ3v) is 5.99. The van der Waals surface area contributed by atoms with Crippen LogP contribution in [0.15, 0.2) is 121 Å². The molecule has 0 spiro atoms. The number of nitrogens with zero attached hydrogens (tertiary/aromatic N) is 2. The van der Waals surface area contributed by atoms with Crippen LogP contribution in [0.2, 0.25) is 0 Å². The van der Waals surface area contributed by atoms with Crippen LogP contribution in [0, 0.1) is 0 Å². The number of thiocarbonyl (C=S) groups is 2. The first-order valence-corrected chi connectivity index (χ1v) is 13.3. The SMILES string of the molecule is O=C(c1ccccc1)N(C(=O)c1ccccc1)C(=S)[S-].O=C(c1ccccc1)N(C(=O)c1ccccc1)C(=S)[S-].[Zn+2]. The zero-order valence-electron chi connectivity index (χ0n) is 21.4. The molecule has 0 atom stereocenters. The van der Waals surface area contributed by atoms with Crippen molar-refractivity contribution in [3.63, 3.8) is 0 Å². The summed E-state index contributed by atoms with van der Waals surface area (Å²) in [6.45, 7) is 0. The topological polar surface area (TPSA) is 74.8 Å². The van der Waals surface area contributed by atoms with E-state index in [9.17, 15) is 19.2 Å². The summed E-state index contributed by atoms with van der Waals surface area (Å²) < 4.78 is -0.375. The minimum absolute atomic E-state index is 0. The summed E-state index contributed by atoms with van der Waals surface area (Å²) in [5.74, 6) is -2.06. The first-order chi connectivity index (χ1) is 19.2. The molecule has 0 bridgehead atoms. The quantitative estimate of drug-likeness (QED) is 0.121. The number of rotatable bonds is 4. The molecule has 0 radical (unpaired) electrons. The van der Waals surface area contributed by atoms with Crippen molar-refractivity contribution in [1.29, 1.82) is 0 Å². The zero-order chi connectivity index (χ0) is 29.1. The fraction of sp³-hybridized carbons (Fsp3) is 0. The van der Waals surface area contributed by atoms with E-state index in [0.717, 1.165) is 9.80 Å². The Labute approximate surface area is 272 Å². The van der Waals surface area contributed by atoms with Gasteiger partial charge in [-0.1, -0.05) is 72.8 Å². The molecule has 0 aliphatic rings. The second-order valence-electron chi connectivity index (χ2n) is 7.89. The van der Waals surface area contributed by atoms with Gasteiger partial charge in [0.2, 0.25) is 0 Å². The van der Waals surface area contributed by atoms with Crippen molar-refractivity contribution in [2.75, 3.05) is 0 Å². The van der Waals surface area contributed by atoms with E-state index >= 15 is 0 Å². The van der Waals surface area contributed by atoms with Gasteiger partial charge in [-0.2, -0.15) is 0 Å². The minimum Gasteiger partial charge on any atom is -0.410 e. The zero-order valence-corrected chi connectivity index (χ0v) is 27.6. The van der Waals surface area contributed by atoms with Crippen molar-refractivity contribution in [1.82, 2.24) is 9.80 Å². The third kappa shape index (κ3) is 9.21. The first-order valence-electron chi connectivity index (χ1n) is 11.6. The van der Waals surface area contributed by atoms with Gasteiger partial charge >= 0.3 is 19.5 Å². The van der Waals surface area contributed by atoms with Gasteiger partial charge in [0.05, 0.1) is 0 Å². The number of benzene rings is 4. The summed E-state index contributed by atoms with van der Waals surface area (Å²) in [6, 6.07) is 33.7. The van der Waals surface area contributed by atoms with Gasteiger partial charge in [0.25, 0.3) is 23.6 Å². The van der Waals surface area contributed by atoms with E-state index in [1.807, 2.05) is 0 Å². The number of imide groups is 2. The monoisotopic (exact) mass is 664 g/mol. The first kappa shape index (κ1) is 33.6. The fourth-order valence-corrected chi connectivity index (χ4v) is 4.02. The van der Waals surface area contributed by atoms with E-state index in [-0.39, 0.29) is 28.1 Å². The van der Waals surface area contributed by atoms with Gasteiger partial charge in [-0.05, 0) is 57.2 Å². The molecule has 11 heteroatoms. The molecule has 0 heterocycles. The average molecular weight is 666 g/mol. The molecule has 0 N–H and O–H groups in total. The van der Waals surface area contributed by atoms with Crippen LogP contribution in [-0.2, 0) is 44.7 Å². The molecule has 200 valence electrons. The number of hydrogen-bond donors (Lipinski definition) is 0. The molecule has 4 amide bonds. The molecule has 6 nitrogen and oxygen atoms in total. The Bertz CT molecular complexity index is 1300. The van der Waals surface area contributed by atoms with E-state index < -0.39 is 23.6 Å². The summed E-state index contributed by atoms with van der Waals surface area (Å²) in [4.78, 5) is 51.1. The standard InChI is InChI=1S/2C15H11NO2S2.Zn/c2*17-13(11-7-3-1-4-8-11)16(15(19)20)14(18)12-9-5-2-6-10-12;/h2*1-10H,(H,19,20);/q;;+2/p-2. The molecule has 4 aromatic rings. The predicted octanol–water partition coefficient (Wildman–Crippen LogP) is 5.60. The van der Waals surface area contributed by atoms with Crippen LogP contribution >= 0.6 is 24.4 Å². The molecule has 0 aliphatic heterocycles. The van der Waals surface area contributed by atoms with Crippen LogP contribution in [0.3, 0.4) is 0 Å². The van der Waals surface area contributed by atoms with Crippen LogP contribution < -0.4 is 0 Å². The van der Waals surface area contributed by atoms with Gasteiger partial charge in [-0.25, -0.2) is 0 Å². The number of carbonyl (C=O) groups excluding carboxylic acids is 4. The van der Waals surface area contributed by atoms with Crippen molar-refractivity contribution in [3.05, 3.63) is 144 Å². The normalized spacial score (nSPS) is 9.56. The fourth-order valence-electron chi connectivity index (χ4n) is 3.36. The average Bonchev–Trinajstić information content (AvgIpc) is 2.99. The maximum atomic E-state index is 12.4. The number of carbonyl (C=O) groups is 4. The molecule has 4 aromatic carbocycles. The van der Waals surface area contributed by atoms with Crippen molar-refractivity contribution >= 4 is 82.0 Å². The summed E-state index contributed by atoms with van der Waals surface area (Å²) in [5, 5.41) is 0.